The number of anilines is 1. The molecule has 0 heterocycles. The van der Waals surface area contributed by atoms with Gasteiger partial charge in [0, 0.05) is 17.6 Å². The van der Waals surface area contributed by atoms with Gasteiger partial charge in [0.25, 0.3) is 5.69 Å². The number of nitrogens with zero attached hydrogens (tertiary/aromatic N) is 2. The van der Waals surface area contributed by atoms with E-state index in [1.807, 2.05) is 0 Å². The van der Waals surface area contributed by atoms with Gasteiger partial charge >= 0.3 is 0 Å². The zero-order valence-corrected chi connectivity index (χ0v) is 10.9. The number of nitro groups is 1. The van der Waals surface area contributed by atoms with Gasteiger partial charge in [0.1, 0.15) is 5.69 Å². The Labute approximate surface area is 101 Å². The highest BCUT2D eigenvalue weighted by molar-refractivity contribution is 9.10. The minimum absolute atomic E-state index is 0.0295. The predicted molar refractivity (Wildman–Crippen MR) is 64.0 cm³/mol. The normalized spacial score (nSPS) is 11.2. The number of benzene rings is 1. The molecule has 0 N–H and O–H groups in total. The Morgan fingerprint density at radius 2 is 2.00 bits per heavy atom. The molecule has 88 valence electrons. The van der Waals surface area contributed by atoms with Crippen LogP contribution in [0.15, 0.2) is 22.7 Å². The van der Waals surface area contributed by atoms with Crippen LogP contribution in [0.25, 0.3) is 0 Å². The summed E-state index contributed by atoms with van der Waals surface area (Å²) in [4.78, 5) is 10.1. The van der Waals surface area contributed by atoms with Crippen molar-refractivity contribution < 1.29 is 13.3 Å². The number of halogens is 1. The fraction of sp³-hybridized carbons (Fsp3) is 0.250. The van der Waals surface area contributed by atoms with Gasteiger partial charge in [-0.3, -0.25) is 14.4 Å². The lowest BCUT2D eigenvalue weighted by atomic mass is 10.3. The predicted octanol–water partition coefficient (Wildman–Crippen LogP) is 1.75. The quantitative estimate of drug-likeness (QED) is 0.629. The van der Waals surface area contributed by atoms with Crippen LogP contribution in [0.3, 0.4) is 0 Å². The largest absolute Gasteiger partial charge is 0.293 e. The van der Waals surface area contributed by atoms with Crippen molar-refractivity contribution in [3.63, 3.8) is 0 Å². The Morgan fingerprint density at radius 3 is 2.44 bits per heavy atom. The van der Waals surface area contributed by atoms with E-state index in [2.05, 4.69) is 15.9 Å². The van der Waals surface area contributed by atoms with Crippen molar-refractivity contribution in [2.45, 2.75) is 0 Å². The van der Waals surface area contributed by atoms with E-state index in [1.165, 1.54) is 25.2 Å². The lowest BCUT2D eigenvalue weighted by Gasteiger charge is -2.16. The van der Waals surface area contributed by atoms with E-state index in [9.17, 15) is 18.5 Å². The molecule has 0 spiro atoms. The smallest absolute Gasteiger partial charge is 0.267 e. The summed E-state index contributed by atoms with van der Waals surface area (Å²) in [7, 11) is -2.25. The fourth-order valence-corrected chi connectivity index (χ4v) is 1.93. The molecule has 1 aromatic carbocycles. The van der Waals surface area contributed by atoms with Crippen molar-refractivity contribution in [1.82, 2.24) is 0 Å². The van der Waals surface area contributed by atoms with Gasteiger partial charge in [-0.15, -0.1) is 0 Å². The minimum Gasteiger partial charge on any atom is -0.267 e. The zero-order chi connectivity index (χ0) is 12.5. The Morgan fingerprint density at radius 1 is 1.44 bits per heavy atom. The Kier molecular flexibility index (Phi) is 3.54. The third-order valence-electron chi connectivity index (χ3n) is 1.97. The minimum atomic E-state index is -3.52. The van der Waals surface area contributed by atoms with Crippen LogP contribution in [0.2, 0.25) is 0 Å². The van der Waals surface area contributed by atoms with E-state index in [1.54, 1.807) is 0 Å². The highest BCUT2D eigenvalue weighted by atomic mass is 79.9. The summed E-state index contributed by atoms with van der Waals surface area (Å²) in [5.41, 5.74) is -0.224. The molecule has 0 unspecified atom stereocenters. The number of hydrogen-bond donors (Lipinski definition) is 0. The number of rotatable bonds is 3. The maximum absolute atomic E-state index is 11.3. The molecular weight excluding hydrogens is 300 g/mol. The molecule has 0 aliphatic carbocycles. The molecule has 0 amide bonds. The lowest BCUT2D eigenvalue weighted by Crippen LogP contribution is -2.25. The van der Waals surface area contributed by atoms with Gasteiger partial charge in [-0.05, 0) is 12.1 Å². The molecule has 16 heavy (non-hydrogen) atoms. The van der Waals surface area contributed by atoms with Crippen molar-refractivity contribution in [3.8, 4) is 0 Å². The fourth-order valence-electron chi connectivity index (χ4n) is 1.08. The molecule has 1 aromatic rings. The lowest BCUT2D eigenvalue weighted by molar-refractivity contribution is -0.384. The monoisotopic (exact) mass is 308 g/mol. The van der Waals surface area contributed by atoms with Crippen LogP contribution >= 0.6 is 15.9 Å². The van der Waals surface area contributed by atoms with Crippen LogP contribution < -0.4 is 4.31 Å². The van der Waals surface area contributed by atoms with Gasteiger partial charge in [0.15, 0.2) is 0 Å². The maximum atomic E-state index is 11.3. The first kappa shape index (κ1) is 12.9. The SMILES string of the molecule is CN(c1cc(Br)ccc1[N+](=O)[O-])S(C)(=O)=O. The van der Waals surface area contributed by atoms with Gasteiger partial charge < -0.3 is 0 Å². The molecule has 0 saturated heterocycles. The highest BCUT2D eigenvalue weighted by Gasteiger charge is 2.22. The van der Waals surface area contributed by atoms with Gasteiger partial charge in [-0.25, -0.2) is 8.42 Å². The summed E-state index contributed by atoms with van der Waals surface area (Å²) in [6.07, 6.45) is 0.984. The number of sulfonamides is 1. The third kappa shape index (κ3) is 2.70. The first-order valence-electron chi connectivity index (χ1n) is 4.11. The maximum Gasteiger partial charge on any atom is 0.293 e. The van der Waals surface area contributed by atoms with Crippen LogP contribution in [0, 0.1) is 10.1 Å². The van der Waals surface area contributed by atoms with E-state index in [4.69, 9.17) is 0 Å². The second kappa shape index (κ2) is 4.38. The first-order chi connectivity index (χ1) is 7.23. The average Bonchev–Trinajstić information content (AvgIpc) is 2.14. The van der Waals surface area contributed by atoms with Gasteiger partial charge in [0.2, 0.25) is 10.0 Å². The third-order valence-corrected chi connectivity index (χ3v) is 3.66. The van der Waals surface area contributed by atoms with Crippen molar-refractivity contribution >= 4 is 37.3 Å². The molecule has 0 aromatic heterocycles. The van der Waals surface area contributed by atoms with Gasteiger partial charge in [-0.2, -0.15) is 0 Å². The van der Waals surface area contributed by atoms with Crippen LogP contribution in [-0.4, -0.2) is 26.6 Å². The average molecular weight is 309 g/mol. The number of hydrogen-bond acceptors (Lipinski definition) is 4. The molecule has 0 aliphatic rings. The summed E-state index contributed by atoms with van der Waals surface area (Å²) in [5, 5.41) is 10.7. The molecule has 8 heteroatoms. The Hall–Kier alpha value is -1.15. The van der Waals surface area contributed by atoms with Crippen molar-refractivity contribution in [3.05, 3.63) is 32.8 Å². The molecule has 0 aliphatic heterocycles. The van der Waals surface area contributed by atoms with Crippen LogP contribution in [0.5, 0.6) is 0 Å². The molecule has 0 fully saturated rings. The van der Waals surface area contributed by atoms with Gasteiger partial charge in [-0.1, -0.05) is 15.9 Å². The van der Waals surface area contributed by atoms with Crippen molar-refractivity contribution in [2.75, 3.05) is 17.6 Å². The molecular formula is C8H9BrN2O4S. The Balaban J connectivity index is 3.42. The Bertz CT molecular complexity index is 529. The van der Waals surface area contributed by atoms with E-state index in [-0.39, 0.29) is 11.4 Å². The molecule has 0 bridgehead atoms. The molecule has 1 rings (SSSR count). The topological polar surface area (TPSA) is 80.5 Å². The van der Waals surface area contributed by atoms with Crippen molar-refractivity contribution in [2.24, 2.45) is 0 Å². The highest BCUT2D eigenvalue weighted by Crippen LogP contribution is 2.31. The summed E-state index contributed by atoms with van der Waals surface area (Å²) >= 11 is 3.14. The number of nitro benzene ring substituents is 1. The molecule has 0 atom stereocenters. The van der Waals surface area contributed by atoms with Gasteiger partial charge in [0.05, 0.1) is 11.2 Å². The van der Waals surface area contributed by atoms with Crippen LogP contribution in [-0.2, 0) is 10.0 Å². The molecule has 6 nitrogen and oxygen atoms in total. The standard InChI is InChI=1S/C8H9BrN2O4S/c1-10(16(2,14)15)8-5-6(9)3-4-7(8)11(12)13/h3-5H,1-2H3. The van der Waals surface area contributed by atoms with E-state index < -0.39 is 14.9 Å². The summed E-state index contributed by atoms with van der Waals surface area (Å²) in [5.74, 6) is 0. The summed E-state index contributed by atoms with van der Waals surface area (Å²) < 4.78 is 24.1. The second-order valence-corrected chi connectivity index (χ2v) is 6.05. The summed E-state index contributed by atoms with van der Waals surface area (Å²) in [6, 6.07) is 4.12. The summed E-state index contributed by atoms with van der Waals surface area (Å²) in [6.45, 7) is 0. The van der Waals surface area contributed by atoms with Crippen molar-refractivity contribution in [1.29, 1.82) is 0 Å². The zero-order valence-electron chi connectivity index (χ0n) is 8.55. The van der Waals surface area contributed by atoms with E-state index in [0.717, 1.165) is 10.6 Å². The second-order valence-electron chi connectivity index (χ2n) is 3.12. The first-order valence-corrected chi connectivity index (χ1v) is 6.75. The van der Waals surface area contributed by atoms with Crippen LogP contribution in [0.1, 0.15) is 0 Å². The van der Waals surface area contributed by atoms with Crippen LogP contribution in [0.4, 0.5) is 11.4 Å². The molecule has 0 saturated carbocycles. The van der Waals surface area contributed by atoms with E-state index in [0.29, 0.717) is 4.47 Å². The molecule has 0 radical (unpaired) electrons. The van der Waals surface area contributed by atoms with E-state index >= 15 is 0 Å².